The van der Waals surface area contributed by atoms with Gasteiger partial charge in [0.2, 0.25) is 0 Å². The van der Waals surface area contributed by atoms with Crippen LogP contribution in [-0.4, -0.2) is 24.4 Å². The van der Waals surface area contributed by atoms with E-state index in [4.69, 9.17) is 0 Å². The van der Waals surface area contributed by atoms with Gasteiger partial charge in [0.25, 0.3) is 0 Å². The van der Waals surface area contributed by atoms with Crippen molar-refractivity contribution in [2.24, 2.45) is 7.05 Å². The number of rotatable bonds is 3. The van der Waals surface area contributed by atoms with Gasteiger partial charge >= 0.3 is 0 Å². The molecular weight excluding hydrogens is 271 g/mol. The summed E-state index contributed by atoms with van der Waals surface area (Å²) in [4.78, 5) is 4.27. The number of aliphatic hydroxyl groups excluding tert-OH is 1. The maximum atomic E-state index is 14.3. The molecule has 0 aliphatic heterocycles. The number of aryl methyl sites for hydroxylation is 2. The molecule has 2 heterocycles. The zero-order chi connectivity index (χ0) is 15.0. The van der Waals surface area contributed by atoms with Crippen LogP contribution in [0.4, 0.5) is 4.39 Å². The number of imidazole rings is 1. The van der Waals surface area contributed by atoms with Crippen LogP contribution in [0.5, 0.6) is 0 Å². The molecule has 0 bridgehead atoms. The van der Waals surface area contributed by atoms with Gasteiger partial charge in [0.1, 0.15) is 17.3 Å². The summed E-state index contributed by atoms with van der Waals surface area (Å²) in [7, 11) is 1.85. The molecule has 0 radical (unpaired) electrons. The fraction of sp³-hybridized carbons (Fsp3) is 0.200. The summed E-state index contributed by atoms with van der Waals surface area (Å²) < 4.78 is 17.6. The van der Waals surface area contributed by atoms with E-state index in [1.54, 1.807) is 37.6 Å². The zero-order valence-corrected chi connectivity index (χ0v) is 11.8. The average molecular weight is 286 g/mol. The minimum Gasteiger partial charge on any atom is -0.392 e. The van der Waals surface area contributed by atoms with Gasteiger partial charge in [-0.05, 0) is 19.1 Å². The lowest BCUT2D eigenvalue weighted by Crippen LogP contribution is -2.04. The summed E-state index contributed by atoms with van der Waals surface area (Å²) in [5.41, 5.74) is 2.32. The van der Waals surface area contributed by atoms with Crippen LogP contribution < -0.4 is 0 Å². The van der Waals surface area contributed by atoms with Gasteiger partial charge < -0.3 is 9.67 Å². The molecule has 5 nitrogen and oxygen atoms in total. The van der Waals surface area contributed by atoms with Crippen molar-refractivity contribution in [2.45, 2.75) is 13.5 Å². The minimum atomic E-state index is -0.387. The highest BCUT2D eigenvalue weighted by Crippen LogP contribution is 2.27. The van der Waals surface area contributed by atoms with Gasteiger partial charge in [-0.2, -0.15) is 5.10 Å². The number of hydrogen-bond acceptors (Lipinski definition) is 3. The molecule has 1 N–H and O–H groups in total. The lowest BCUT2D eigenvalue weighted by molar-refractivity contribution is 0.281. The highest BCUT2D eigenvalue weighted by molar-refractivity contribution is 5.68. The molecule has 6 heteroatoms. The molecule has 108 valence electrons. The first-order valence-corrected chi connectivity index (χ1v) is 6.54. The number of nitrogens with zero attached hydrogens (tertiary/aromatic N) is 4. The first-order chi connectivity index (χ1) is 10.1. The van der Waals surface area contributed by atoms with Crippen LogP contribution >= 0.6 is 0 Å². The van der Waals surface area contributed by atoms with E-state index >= 15 is 0 Å². The Labute approximate surface area is 121 Å². The first-order valence-electron chi connectivity index (χ1n) is 6.54. The minimum absolute atomic E-state index is 0.127. The van der Waals surface area contributed by atoms with E-state index < -0.39 is 0 Å². The summed E-state index contributed by atoms with van der Waals surface area (Å²) in [6.45, 7) is 1.65. The van der Waals surface area contributed by atoms with Gasteiger partial charge in [-0.25, -0.2) is 14.1 Å². The Balaban J connectivity index is 2.24. The van der Waals surface area contributed by atoms with Crippen molar-refractivity contribution in [2.75, 3.05) is 0 Å². The second-order valence-electron chi connectivity index (χ2n) is 4.84. The van der Waals surface area contributed by atoms with Gasteiger partial charge in [-0.15, -0.1) is 0 Å². The molecule has 0 fully saturated rings. The van der Waals surface area contributed by atoms with Crippen molar-refractivity contribution >= 4 is 0 Å². The standard InChI is InChI=1S/C15H15FN4O/c1-10-11(9-21)8-20(18-10)14-12(4-3-5-13(14)16)15-17-6-7-19(15)2/h3-8,21H,9H2,1-2H3. The molecule has 0 amide bonds. The number of hydrogen-bond donors (Lipinski definition) is 1. The Hall–Kier alpha value is -2.47. The SMILES string of the molecule is Cc1nn(-c2c(F)cccc2-c2nccn2C)cc1CO. The topological polar surface area (TPSA) is 55.9 Å². The van der Waals surface area contributed by atoms with E-state index in [0.29, 0.717) is 28.3 Å². The molecule has 0 unspecified atom stereocenters. The van der Waals surface area contributed by atoms with E-state index in [1.807, 2.05) is 11.6 Å². The van der Waals surface area contributed by atoms with E-state index in [2.05, 4.69) is 10.1 Å². The number of para-hydroxylation sites is 1. The van der Waals surface area contributed by atoms with E-state index in [9.17, 15) is 9.50 Å². The average Bonchev–Trinajstić information content (AvgIpc) is 3.04. The van der Waals surface area contributed by atoms with Gasteiger partial charge in [0.15, 0.2) is 0 Å². The normalized spacial score (nSPS) is 11.0. The highest BCUT2D eigenvalue weighted by atomic mass is 19.1. The van der Waals surface area contributed by atoms with Crippen LogP contribution in [-0.2, 0) is 13.7 Å². The third-order valence-electron chi connectivity index (χ3n) is 3.45. The van der Waals surface area contributed by atoms with Crippen LogP contribution in [0.2, 0.25) is 0 Å². The summed E-state index contributed by atoms with van der Waals surface area (Å²) in [5, 5.41) is 13.6. The molecule has 2 aromatic heterocycles. The van der Waals surface area contributed by atoms with Crippen molar-refractivity contribution in [1.82, 2.24) is 19.3 Å². The van der Waals surface area contributed by atoms with Gasteiger partial charge in [0, 0.05) is 36.8 Å². The Bertz CT molecular complexity index is 791. The summed E-state index contributed by atoms with van der Waals surface area (Å²) in [5.74, 6) is 0.269. The predicted octanol–water partition coefficient (Wildman–Crippen LogP) is 2.21. The molecule has 1 aromatic carbocycles. The Kier molecular flexibility index (Phi) is 3.31. The van der Waals surface area contributed by atoms with Gasteiger partial charge in [0.05, 0.1) is 12.3 Å². The fourth-order valence-corrected chi connectivity index (χ4v) is 2.32. The lowest BCUT2D eigenvalue weighted by Gasteiger charge is -2.10. The summed E-state index contributed by atoms with van der Waals surface area (Å²) >= 11 is 0. The molecule has 0 saturated carbocycles. The number of benzene rings is 1. The predicted molar refractivity (Wildman–Crippen MR) is 76.4 cm³/mol. The van der Waals surface area contributed by atoms with Crippen molar-refractivity contribution in [1.29, 1.82) is 0 Å². The summed E-state index contributed by atoms with van der Waals surface area (Å²) in [6, 6.07) is 4.83. The fourth-order valence-electron chi connectivity index (χ4n) is 2.32. The number of aromatic nitrogens is 4. The Morgan fingerprint density at radius 3 is 2.76 bits per heavy atom. The maximum absolute atomic E-state index is 14.3. The van der Waals surface area contributed by atoms with Crippen molar-refractivity contribution < 1.29 is 9.50 Å². The third kappa shape index (κ3) is 2.23. The first kappa shape index (κ1) is 13.5. The largest absolute Gasteiger partial charge is 0.392 e. The van der Waals surface area contributed by atoms with Crippen LogP contribution in [0, 0.1) is 12.7 Å². The molecule has 3 rings (SSSR count). The van der Waals surface area contributed by atoms with Gasteiger partial charge in [-0.3, -0.25) is 0 Å². The number of halogens is 1. The monoisotopic (exact) mass is 286 g/mol. The second kappa shape index (κ2) is 5.14. The molecule has 0 saturated heterocycles. The quantitative estimate of drug-likeness (QED) is 0.803. The molecule has 0 atom stereocenters. The second-order valence-corrected chi connectivity index (χ2v) is 4.84. The Morgan fingerprint density at radius 2 is 2.14 bits per heavy atom. The van der Waals surface area contributed by atoms with Gasteiger partial charge in [-0.1, -0.05) is 6.07 Å². The van der Waals surface area contributed by atoms with Crippen LogP contribution in [0.25, 0.3) is 17.1 Å². The van der Waals surface area contributed by atoms with E-state index in [0.717, 1.165) is 0 Å². The molecule has 21 heavy (non-hydrogen) atoms. The van der Waals surface area contributed by atoms with E-state index in [-0.39, 0.29) is 12.4 Å². The number of aliphatic hydroxyl groups is 1. The molecule has 0 aliphatic carbocycles. The molecule has 3 aromatic rings. The molecular formula is C15H15FN4O. The smallest absolute Gasteiger partial charge is 0.149 e. The van der Waals surface area contributed by atoms with Crippen LogP contribution in [0.3, 0.4) is 0 Å². The van der Waals surface area contributed by atoms with Crippen molar-refractivity contribution in [3.8, 4) is 17.1 Å². The third-order valence-corrected chi connectivity index (χ3v) is 3.45. The maximum Gasteiger partial charge on any atom is 0.149 e. The van der Waals surface area contributed by atoms with Crippen molar-refractivity contribution in [3.63, 3.8) is 0 Å². The van der Waals surface area contributed by atoms with Crippen molar-refractivity contribution in [3.05, 3.63) is 53.9 Å². The summed E-state index contributed by atoms with van der Waals surface area (Å²) in [6.07, 6.45) is 5.11. The van der Waals surface area contributed by atoms with Crippen LogP contribution in [0.15, 0.2) is 36.8 Å². The highest BCUT2D eigenvalue weighted by Gasteiger charge is 2.17. The lowest BCUT2D eigenvalue weighted by atomic mass is 10.1. The zero-order valence-electron chi connectivity index (χ0n) is 11.8. The molecule has 0 aliphatic rings. The van der Waals surface area contributed by atoms with E-state index in [1.165, 1.54) is 10.7 Å². The molecule has 0 spiro atoms. The van der Waals surface area contributed by atoms with Crippen LogP contribution in [0.1, 0.15) is 11.3 Å². The Morgan fingerprint density at radius 1 is 1.33 bits per heavy atom.